The largest absolute Gasteiger partial charge is 0.414 e. The molecule has 0 saturated heterocycles. The average molecular weight is 767 g/mol. The van der Waals surface area contributed by atoms with E-state index in [-0.39, 0.29) is 27.9 Å². The molecular weight excluding hydrogens is 685 g/mol. The van der Waals surface area contributed by atoms with Crippen molar-refractivity contribution in [2.75, 3.05) is 0 Å². The van der Waals surface area contributed by atoms with Gasteiger partial charge in [0.05, 0.1) is 17.8 Å². The van der Waals surface area contributed by atoms with Crippen LogP contribution >= 0.6 is 0 Å². The van der Waals surface area contributed by atoms with Crippen LogP contribution in [0.15, 0.2) is 47.6 Å². The van der Waals surface area contributed by atoms with Crippen molar-refractivity contribution in [3.63, 3.8) is 0 Å². The van der Waals surface area contributed by atoms with Crippen LogP contribution in [0.25, 0.3) is 0 Å². The van der Waals surface area contributed by atoms with Crippen LogP contribution in [-0.4, -0.2) is 37.2 Å². The molecule has 0 unspecified atom stereocenters. The van der Waals surface area contributed by atoms with E-state index in [0.717, 1.165) is 31.6 Å². The summed E-state index contributed by atoms with van der Waals surface area (Å²) in [5.74, 6) is 2.21. The van der Waals surface area contributed by atoms with E-state index in [1.807, 2.05) is 0 Å². The SMILES string of the molecule is C[C@H](CCc1ccccc1C(C)(C)O[Si](C)(C)C)[C@H]1CC[C@H]2/C(=C/C=C3C[C@@H](O[Si](C)(C)C(C)(C)C)C[C@H](O[Si](C)(C)C(C)(C)C)C3)CCC[C@]12C. The van der Waals surface area contributed by atoms with Gasteiger partial charge in [-0.15, -0.1) is 0 Å². The molecule has 3 nitrogen and oxygen atoms in total. The lowest BCUT2D eigenvalue weighted by molar-refractivity contribution is 0.0725. The monoisotopic (exact) mass is 767 g/mol. The van der Waals surface area contributed by atoms with Crippen molar-refractivity contribution in [2.45, 2.75) is 207 Å². The fourth-order valence-corrected chi connectivity index (χ4v) is 14.2. The maximum atomic E-state index is 7.13. The van der Waals surface area contributed by atoms with Crippen LogP contribution in [0.5, 0.6) is 0 Å². The van der Waals surface area contributed by atoms with E-state index in [4.69, 9.17) is 13.3 Å². The summed E-state index contributed by atoms with van der Waals surface area (Å²) in [7, 11) is -5.46. The Kier molecular flexibility index (Phi) is 13.5. The molecule has 0 aliphatic heterocycles. The van der Waals surface area contributed by atoms with Gasteiger partial charge in [-0.05, 0) is 168 Å². The van der Waals surface area contributed by atoms with Crippen molar-refractivity contribution in [1.29, 1.82) is 0 Å². The van der Waals surface area contributed by atoms with Crippen LogP contribution in [0.2, 0.25) is 55.9 Å². The van der Waals surface area contributed by atoms with Gasteiger partial charge >= 0.3 is 0 Å². The maximum Gasteiger partial charge on any atom is 0.192 e. The first-order chi connectivity index (χ1) is 23.7. The fraction of sp³-hybridized carbons (Fsp3) is 0.783. The lowest BCUT2D eigenvalue weighted by atomic mass is 9.60. The topological polar surface area (TPSA) is 27.7 Å². The number of hydrogen-bond donors (Lipinski definition) is 0. The third-order valence-electron chi connectivity index (χ3n) is 14.4. The minimum absolute atomic E-state index is 0.205. The summed E-state index contributed by atoms with van der Waals surface area (Å²) in [5.41, 5.74) is 6.27. The molecule has 0 heterocycles. The first kappa shape index (κ1) is 44.0. The Hall–Kier alpha value is -0.769. The first-order valence-corrected chi connectivity index (χ1v) is 30.4. The molecule has 3 aliphatic rings. The molecular formula is C46H82O3Si3. The molecule has 0 aromatic heterocycles. The van der Waals surface area contributed by atoms with Crippen molar-refractivity contribution in [3.8, 4) is 0 Å². The van der Waals surface area contributed by atoms with E-state index in [2.05, 4.69) is 151 Å². The molecule has 6 atom stereocenters. The summed E-state index contributed by atoms with van der Waals surface area (Å²) in [6.07, 6.45) is 17.8. The van der Waals surface area contributed by atoms with Crippen LogP contribution < -0.4 is 0 Å². The highest BCUT2D eigenvalue weighted by molar-refractivity contribution is 6.74. The molecule has 0 bridgehead atoms. The van der Waals surface area contributed by atoms with Gasteiger partial charge in [0.25, 0.3) is 0 Å². The van der Waals surface area contributed by atoms with Crippen molar-refractivity contribution < 1.29 is 13.3 Å². The van der Waals surface area contributed by atoms with Gasteiger partial charge in [-0.1, -0.05) is 103 Å². The third kappa shape index (κ3) is 10.5. The summed E-state index contributed by atoms with van der Waals surface area (Å²) in [5, 5.41) is 0.410. The van der Waals surface area contributed by atoms with Crippen molar-refractivity contribution >= 4 is 25.0 Å². The first-order valence-electron chi connectivity index (χ1n) is 21.2. The third-order valence-corrected chi connectivity index (χ3v) is 24.6. The van der Waals surface area contributed by atoms with Gasteiger partial charge in [0, 0.05) is 0 Å². The number of hydrogen-bond acceptors (Lipinski definition) is 3. The Bertz CT molecular complexity index is 1380. The van der Waals surface area contributed by atoms with E-state index in [9.17, 15) is 0 Å². The van der Waals surface area contributed by atoms with Gasteiger partial charge in [-0.3, -0.25) is 0 Å². The molecule has 0 radical (unpaired) electrons. The molecule has 3 aliphatic carbocycles. The van der Waals surface area contributed by atoms with Crippen LogP contribution in [0, 0.1) is 23.2 Å². The van der Waals surface area contributed by atoms with Gasteiger partial charge < -0.3 is 13.3 Å². The number of benzene rings is 1. The highest BCUT2D eigenvalue weighted by atomic mass is 28.4. The molecule has 3 saturated carbocycles. The van der Waals surface area contributed by atoms with Gasteiger partial charge in [-0.2, -0.15) is 0 Å². The van der Waals surface area contributed by atoms with E-state index in [0.29, 0.717) is 17.3 Å². The van der Waals surface area contributed by atoms with Gasteiger partial charge in [0.2, 0.25) is 0 Å². The lowest BCUT2D eigenvalue weighted by Crippen LogP contribution is -2.48. The van der Waals surface area contributed by atoms with E-state index in [1.165, 1.54) is 49.7 Å². The fourth-order valence-electron chi connectivity index (χ4n) is 9.80. The Morgan fingerprint density at radius 3 is 1.90 bits per heavy atom. The zero-order valence-corrected chi connectivity index (χ0v) is 40.1. The molecule has 0 spiro atoms. The van der Waals surface area contributed by atoms with Gasteiger partial charge in [0.1, 0.15) is 0 Å². The van der Waals surface area contributed by atoms with Gasteiger partial charge in [-0.25, -0.2) is 0 Å². The average Bonchev–Trinajstić information content (AvgIpc) is 3.33. The zero-order chi connectivity index (χ0) is 39.1. The van der Waals surface area contributed by atoms with Crippen LogP contribution in [0.1, 0.15) is 138 Å². The predicted molar refractivity (Wildman–Crippen MR) is 234 cm³/mol. The minimum Gasteiger partial charge on any atom is -0.414 e. The second kappa shape index (κ2) is 16.0. The van der Waals surface area contributed by atoms with Crippen LogP contribution in [0.3, 0.4) is 0 Å². The quantitative estimate of drug-likeness (QED) is 0.198. The standard InChI is InChI=1S/C46H82O3Si3/c1-34(24-26-36-21-18-19-23-41(36)45(8,9)49-50(11,12)13)40-28-29-42-37(22-20-30-46(40,42)10)27-25-35-31-38(47-51(14,15)43(2,3)4)33-39(32-35)48-52(16,17)44(5,6)7/h18-19,21,23,25,27,34,38-40,42H,20,22,24,26,28-33H2,1-17H3/b37-27+/t34-,38-,39-,40-,42+,46-/m1/s1. The number of fused-ring (bicyclic) bond motifs is 1. The Labute approximate surface area is 325 Å². The predicted octanol–water partition coefficient (Wildman–Crippen LogP) is 14.4. The summed E-state index contributed by atoms with van der Waals surface area (Å²) in [6.45, 7) is 40.6. The second-order valence-corrected chi connectivity index (χ2v) is 36.1. The molecule has 0 amide bonds. The molecule has 4 rings (SSSR count). The Balaban J connectivity index is 1.51. The highest BCUT2D eigenvalue weighted by Gasteiger charge is 2.51. The van der Waals surface area contributed by atoms with Crippen LogP contribution in [-0.2, 0) is 25.3 Å². The van der Waals surface area contributed by atoms with Crippen molar-refractivity contribution in [2.24, 2.45) is 23.2 Å². The van der Waals surface area contributed by atoms with Crippen molar-refractivity contribution in [1.82, 2.24) is 0 Å². The van der Waals surface area contributed by atoms with E-state index >= 15 is 0 Å². The molecule has 6 heteroatoms. The number of rotatable bonds is 12. The molecule has 1 aromatic carbocycles. The Morgan fingerprint density at radius 2 is 1.37 bits per heavy atom. The molecule has 52 heavy (non-hydrogen) atoms. The zero-order valence-electron chi connectivity index (χ0n) is 37.1. The Morgan fingerprint density at radius 1 is 0.808 bits per heavy atom. The molecule has 1 aromatic rings. The molecule has 296 valence electrons. The summed E-state index contributed by atoms with van der Waals surface area (Å²) in [4.78, 5) is 0. The minimum atomic E-state index is -1.89. The summed E-state index contributed by atoms with van der Waals surface area (Å²) in [6, 6.07) is 9.10. The van der Waals surface area contributed by atoms with Crippen LogP contribution in [0.4, 0.5) is 0 Å². The summed E-state index contributed by atoms with van der Waals surface area (Å²) >= 11 is 0. The smallest absolute Gasteiger partial charge is 0.192 e. The second-order valence-electron chi connectivity index (χ2n) is 22.2. The summed E-state index contributed by atoms with van der Waals surface area (Å²) < 4.78 is 21.0. The van der Waals surface area contributed by atoms with Gasteiger partial charge in [0.15, 0.2) is 25.0 Å². The normalized spacial score (nSPS) is 28.2. The van der Waals surface area contributed by atoms with E-state index < -0.39 is 25.0 Å². The lowest BCUT2D eigenvalue weighted by Gasteiger charge is -2.45. The van der Waals surface area contributed by atoms with Crippen molar-refractivity contribution in [3.05, 3.63) is 58.7 Å². The number of allylic oxidation sites excluding steroid dienone is 3. The number of aryl methyl sites for hydroxylation is 1. The molecule has 3 fully saturated rings. The maximum absolute atomic E-state index is 7.13. The highest BCUT2D eigenvalue weighted by Crippen LogP contribution is 2.60. The van der Waals surface area contributed by atoms with E-state index in [1.54, 1.807) is 11.1 Å². The molecule has 0 N–H and O–H groups in total.